The molecular weight excluding hydrogens is 294 g/mol. The highest BCUT2D eigenvalue weighted by Gasteiger charge is 2.17. The second-order valence-electron chi connectivity index (χ2n) is 5.47. The summed E-state index contributed by atoms with van der Waals surface area (Å²) >= 11 is 0. The van der Waals surface area contributed by atoms with Gasteiger partial charge in [-0.05, 0) is 30.5 Å². The van der Waals surface area contributed by atoms with Crippen LogP contribution in [0.3, 0.4) is 0 Å². The molecule has 0 radical (unpaired) electrons. The Morgan fingerprint density at radius 1 is 1.04 bits per heavy atom. The Labute approximate surface area is 135 Å². The lowest BCUT2D eigenvalue weighted by Crippen LogP contribution is -2.22. The van der Waals surface area contributed by atoms with Crippen LogP contribution in [0.25, 0.3) is 0 Å². The second kappa shape index (κ2) is 6.68. The first-order valence-corrected chi connectivity index (χ1v) is 7.66. The van der Waals surface area contributed by atoms with Crippen LogP contribution >= 0.6 is 0 Å². The Morgan fingerprint density at radius 3 is 2.48 bits per heavy atom. The Hall–Kier alpha value is -2.57. The Kier molecular flexibility index (Phi) is 4.45. The van der Waals surface area contributed by atoms with Gasteiger partial charge in [0.05, 0.1) is 14.2 Å². The Balaban J connectivity index is 1.84. The molecular formula is C16H21N5O2. The van der Waals surface area contributed by atoms with Crippen molar-refractivity contribution in [2.45, 2.75) is 19.3 Å². The zero-order chi connectivity index (χ0) is 16.2. The van der Waals surface area contributed by atoms with Crippen molar-refractivity contribution in [3.05, 3.63) is 29.6 Å². The van der Waals surface area contributed by atoms with Crippen molar-refractivity contribution in [2.24, 2.45) is 0 Å². The van der Waals surface area contributed by atoms with Gasteiger partial charge in [-0.3, -0.25) is 0 Å². The van der Waals surface area contributed by atoms with Crippen LogP contribution in [0.2, 0.25) is 0 Å². The van der Waals surface area contributed by atoms with Gasteiger partial charge >= 0.3 is 0 Å². The third-order valence-electron chi connectivity index (χ3n) is 3.89. The molecule has 0 atom stereocenters. The first-order valence-electron chi connectivity index (χ1n) is 7.66. The van der Waals surface area contributed by atoms with Gasteiger partial charge in [-0.15, -0.1) is 0 Å². The van der Waals surface area contributed by atoms with Crippen LogP contribution < -0.4 is 20.1 Å². The fourth-order valence-electron chi connectivity index (χ4n) is 2.74. The number of ether oxygens (including phenoxy) is 2. The molecule has 2 N–H and O–H groups in total. The summed E-state index contributed by atoms with van der Waals surface area (Å²) in [6.45, 7) is 1.94. The molecule has 1 saturated heterocycles. The molecule has 1 aromatic heterocycles. The predicted octanol–water partition coefficient (Wildman–Crippen LogP) is 1.66. The lowest BCUT2D eigenvalue weighted by molar-refractivity contribution is 0.354. The van der Waals surface area contributed by atoms with E-state index in [0.717, 1.165) is 31.5 Å². The molecule has 1 aliphatic rings. The summed E-state index contributed by atoms with van der Waals surface area (Å²) in [6, 6.07) is 5.77. The van der Waals surface area contributed by atoms with Crippen molar-refractivity contribution in [3.8, 4) is 11.5 Å². The molecule has 1 aromatic carbocycles. The Morgan fingerprint density at radius 2 is 1.78 bits per heavy atom. The van der Waals surface area contributed by atoms with Crippen molar-refractivity contribution in [1.29, 1.82) is 0 Å². The number of methoxy groups -OCH3 is 2. The fraction of sp³-hybridized carbons (Fsp3) is 0.438. The lowest BCUT2D eigenvalue weighted by Gasteiger charge is -2.16. The molecule has 0 bridgehead atoms. The summed E-state index contributed by atoms with van der Waals surface area (Å²) in [5.74, 6) is 2.98. The number of hydrogen-bond acceptors (Lipinski definition) is 7. The van der Waals surface area contributed by atoms with Gasteiger partial charge in [0.15, 0.2) is 11.5 Å². The van der Waals surface area contributed by atoms with Crippen molar-refractivity contribution < 1.29 is 9.47 Å². The van der Waals surface area contributed by atoms with E-state index in [-0.39, 0.29) is 5.95 Å². The normalized spacial score (nSPS) is 14.1. The molecule has 2 heterocycles. The van der Waals surface area contributed by atoms with E-state index in [9.17, 15) is 0 Å². The van der Waals surface area contributed by atoms with Gasteiger partial charge < -0.3 is 20.1 Å². The van der Waals surface area contributed by atoms with E-state index in [1.807, 2.05) is 18.2 Å². The van der Waals surface area contributed by atoms with Gasteiger partial charge in [0.1, 0.15) is 5.82 Å². The molecule has 0 aliphatic carbocycles. The molecule has 122 valence electrons. The van der Waals surface area contributed by atoms with E-state index in [1.54, 1.807) is 14.2 Å². The maximum Gasteiger partial charge on any atom is 0.230 e. The molecule has 1 aliphatic heterocycles. The van der Waals surface area contributed by atoms with Crippen molar-refractivity contribution in [1.82, 2.24) is 15.0 Å². The van der Waals surface area contributed by atoms with Gasteiger partial charge in [-0.2, -0.15) is 15.0 Å². The van der Waals surface area contributed by atoms with Crippen molar-refractivity contribution in [2.75, 3.05) is 37.9 Å². The van der Waals surface area contributed by atoms with Crippen LogP contribution in [0.1, 0.15) is 24.2 Å². The largest absolute Gasteiger partial charge is 0.493 e. The molecule has 2 aromatic rings. The molecule has 7 nitrogen and oxygen atoms in total. The average molecular weight is 315 g/mol. The van der Waals surface area contributed by atoms with Crippen molar-refractivity contribution in [3.63, 3.8) is 0 Å². The maximum absolute atomic E-state index is 5.85. The quantitative estimate of drug-likeness (QED) is 0.898. The molecule has 0 unspecified atom stereocenters. The SMILES string of the molecule is COc1ccc(Cc2nc(N)nc(N3CCCC3)n2)cc1OC. The van der Waals surface area contributed by atoms with Crippen LogP contribution in [0.15, 0.2) is 18.2 Å². The van der Waals surface area contributed by atoms with Crippen LogP contribution in [0.4, 0.5) is 11.9 Å². The molecule has 3 rings (SSSR count). The highest BCUT2D eigenvalue weighted by molar-refractivity contribution is 5.44. The smallest absolute Gasteiger partial charge is 0.230 e. The lowest BCUT2D eigenvalue weighted by atomic mass is 10.1. The third kappa shape index (κ3) is 3.44. The zero-order valence-electron chi connectivity index (χ0n) is 13.5. The summed E-state index contributed by atoms with van der Waals surface area (Å²) in [6.07, 6.45) is 2.89. The number of hydrogen-bond donors (Lipinski definition) is 1. The van der Waals surface area contributed by atoms with E-state index < -0.39 is 0 Å². The van der Waals surface area contributed by atoms with Gasteiger partial charge in [0.2, 0.25) is 11.9 Å². The van der Waals surface area contributed by atoms with E-state index in [1.165, 1.54) is 0 Å². The molecule has 23 heavy (non-hydrogen) atoms. The van der Waals surface area contributed by atoms with E-state index in [2.05, 4.69) is 19.9 Å². The highest BCUT2D eigenvalue weighted by atomic mass is 16.5. The van der Waals surface area contributed by atoms with Crippen LogP contribution in [0, 0.1) is 0 Å². The molecule has 1 fully saturated rings. The van der Waals surface area contributed by atoms with Crippen LogP contribution in [-0.2, 0) is 6.42 Å². The predicted molar refractivity (Wildman–Crippen MR) is 88.0 cm³/mol. The van der Waals surface area contributed by atoms with Gasteiger partial charge in [0, 0.05) is 19.5 Å². The van der Waals surface area contributed by atoms with Crippen molar-refractivity contribution >= 4 is 11.9 Å². The summed E-state index contributed by atoms with van der Waals surface area (Å²) < 4.78 is 10.6. The molecule has 0 spiro atoms. The monoisotopic (exact) mass is 315 g/mol. The standard InChI is InChI=1S/C16H21N5O2/c1-22-12-6-5-11(9-13(12)23-2)10-14-18-15(17)20-16(19-14)21-7-3-4-8-21/h5-6,9H,3-4,7-8,10H2,1-2H3,(H2,17,18,19,20). The first-order chi connectivity index (χ1) is 11.2. The minimum absolute atomic E-state index is 0.261. The number of nitrogen functional groups attached to an aromatic ring is 1. The number of rotatable bonds is 5. The topological polar surface area (TPSA) is 86.4 Å². The summed E-state index contributed by atoms with van der Waals surface area (Å²) in [4.78, 5) is 15.2. The van der Waals surface area contributed by atoms with E-state index >= 15 is 0 Å². The highest BCUT2D eigenvalue weighted by Crippen LogP contribution is 2.28. The maximum atomic E-state index is 5.85. The molecule has 7 heteroatoms. The van der Waals surface area contributed by atoms with Gasteiger partial charge in [-0.1, -0.05) is 6.07 Å². The van der Waals surface area contributed by atoms with Crippen LogP contribution in [-0.4, -0.2) is 42.3 Å². The molecule has 0 amide bonds. The van der Waals surface area contributed by atoms with Gasteiger partial charge in [0.25, 0.3) is 0 Å². The van der Waals surface area contributed by atoms with Crippen LogP contribution in [0.5, 0.6) is 11.5 Å². The second-order valence-corrected chi connectivity index (χ2v) is 5.47. The number of nitrogens with two attached hydrogens (primary N) is 1. The average Bonchev–Trinajstić information content (AvgIpc) is 3.08. The van der Waals surface area contributed by atoms with Gasteiger partial charge in [-0.25, -0.2) is 0 Å². The number of benzene rings is 1. The van der Waals surface area contributed by atoms with E-state index in [4.69, 9.17) is 15.2 Å². The fourth-order valence-corrected chi connectivity index (χ4v) is 2.74. The Bertz CT molecular complexity index is 686. The minimum Gasteiger partial charge on any atom is -0.493 e. The minimum atomic E-state index is 0.261. The number of anilines is 2. The third-order valence-corrected chi connectivity index (χ3v) is 3.89. The first kappa shape index (κ1) is 15.3. The number of aromatic nitrogens is 3. The summed E-state index contributed by atoms with van der Waals surface area (Å²) in [5.41, 5.74) is 6.88. The molecule has 0 saturated carbocycles. The zero-order valence-corrected chi connectivity index (χ0v) is 13.5. The summed E-state index contributed by atoms with van der Waals surface area (Å²) in [7, 11) is 3.24. The van der Waals surface area contributed by atoms with E-state index in [0.29, 0.717) is 29.7 Å². The number of nitrogens with zero attached hydrogens (tertiary/aromatic N) is 4. The summed E-state index contributed by atoms with van der Waals surface area (Å²) in [5, 5.41) is 0.